The van der Waals surface area contributed by atoms with Crippen LogP contribution in [0.2, 0.25) is 0 Å². The van der Waals surface area contributed by atoms with Gasteiger partial charge in [0.1, 0.15) is 5.75 Å². The normalized spacial score (nSPS) is 15.8. The smallest absolute Gasteiger partial charge is 0.416 e. The molecule has 0 unspecified atom stereocenters. The molecule has 0 bridgehead atoms. The molecule has 0 radical (unpaired) electrons. The third-order valence-corrected chi connectivity index (χ3v) is 7.18. The fraction of sp³-hybridized carbons (Fsp3) is 0.455. The van der Waals surface area contributed by atoms with Gasteiger partial charge in [0.05, 0.1) is 30.8 Å². The molecule has 32 heavy (non-hydrogen) atoms. The zero-order valence-corrected chi connectivity index (χ0v) is 18.7. The maximum atomic E-state index is 13.3. The van der Waals surface area contributed by atoms with Crippen LogP contribution in [-0.4, -0.2) is 64.1 Å². The van der Waals surface area contributed by atoms with Gasteiger partial charge in [0.15, 0.2) is 0 Å². The van der Waals surface area contributed by atoms with Crippen molar-refractivity contribution in [3.05, 3.63) is 59.7 Å². The molecule has 0 atom stereocenters. The van der Waals surface area contributed by atoms with Gasteiger partial charge < -0.3 is 9.47 Å². The van der Waals surface area contributed by atoms with E-state index in [4.69, 9.17) is 9.47 Å². The minimum Gasteiger partial charge on any atom is -0.497 e. The Morgan fingerprint density at radius 3 is 2.22 bits per heavy atom. The molecule has 10 heteroatoms. The maximum Gasteiger partial charge on any atom is 0.416 e. The number of halogens is 3. The summed E-state index contributed by atoms with van der Waals surface area (Å²) in [5.41, 5.74) is -0.278. The highest BCUT2D eigenvalue weighted by atomic mass is 32.2. The number of benzene rings is 2. The van der Waals surface area contributed by atoms with Crippen LogP contribution in [0.5, 0.6) is 5.75 Å². The molecule has 2 aromatic rings. The Morgan fingerprint density at radius 1 is 1.03 bits per heavy atom. The number of methoxy groups -OCH3 is 1. The average molecular weight is 473 g/mol. The third-order valence-electron chi connectivity index (χ3n) is 5.32. The van der Waals surface area contributed by atoms with Gasteiger partial charge in [-0.05, 0) is 54.9 Å². The number of sulfonamides is 1. The first kappa shape index (κ1) is 24.5. The van der Waals surface area contributed by atoms with Gasteiger partial charge in [0.2, 0.25) is 10.0 Å². The largest absolute Gasteiger partial charge is 0.497 e. The Kier molecular flexibility index (Phi) is 8.16. The second-order valence-electron chi connectivity index (χ2n) is 7.52. The van der Waals surface area contributed by atoms with Gasteiger partial charge in [-0.15, -0.1) is 0 Å². The third kappa shape index (κ3) is 6.44. The molecular formula is C22H27F3N2O4S. The van der Waals surface area contributed by atoms with E-state index < -0.39 is 21.8 Å². The van der Waals surface area contributed by atoms with Gasteiger partial charge in [-0.3, -0.25) is 4.90 Å². The summed E-state index contributed by atoms with van der Waals surface area (Å²) in [4.78, 5) is 2.32. The Hall–Kier alpha value is -2.14. The molecule has 0 aliphatic carbocycles. The minimum absolute atomic E-state index is 0.0182. The number of morpholine rings is 1. The van der Waals surface area contributed by atoms with E-state index in [-0.39, 0.29) is 18.0 Å². The van der Waals surface area contributed by atoms with Crippen molar-refractivity contribution in [3.63, 3.8) is 0 Å². The summed E-state index contributed by atoms with van der Waals surface area (Å²) < 4.78 is 77.0. The number of ether oxygens (including phenoxy) is 2. The lowest BCUT2D eigenvalue weighted by Crippen LogP contribution is -2.39. The topological polar surface area (TPSA) is 59.1 Å². The van der Waals surface area contributed by atoms with E-state index in [9.17, 15) is 21.6 Å². The van der Waals surface area contributed by atoms with Gasteiger partial charge in [0.25, 0.3) is 0 Å². The van der Waals surface area contributed by atoms with Crippen molar-refractivity contribution < 1.29 is 31.1 Å². The van der Waals surface area contributed by atoms with Crippen molar-refractivity contribution in [3.8, 4) is 5.75 Å². The summed E-state index contributed by atoms with van der Waals surface area (Å²) in [7, 11) is -2.36. The summed E-state index contributed by atoms with van der Waals surface area (Å²) in [5.74, 6) is 0.533. The number of alkyl halides is 3. The van der Waals surface area contributed by atoms with E-state index in [0.717, 1.165) is 25.2 Å². The molecule has 1 saturated heterocycles. The van der Waals surface area contributed by atoms with Crippen molar-refractivity contribution in [2.45, 2.75) is 24.0 Å². The number of hydrogen-bond acceptors (Lipinski definition) is 5. The quantitative estimate of drug-likeness (QED) is 0.558. The van der Waals surface area contributed by atoms with Crippen molar-refractivity contribution in [2.75, 3.05) is 46.5 Å². The molecule has 0 saturated carbocycles. The standard InChI is InChI=1S/C22H27F3N2O4S/c1-30-20-7-9-21(10-8-20)32(28,29)27(12-2-11-26-13-15-31-16-14-26)17-18-3-5-19(6-4-18)22(23,24)25/h3-10H,2,11-17H2,1H3. The van der Waals surface area contributed by atoms with Gasteiger partial charge in [-0.2, -0.15) is 17.5 Å². The van der Waals surface area contributed by atoms with Crippen molar-refractivity contribution in [1.29, 1.82) is 0 Å². The SMILES string of the molecule is COc1ccc(S(=O)(=O)N(CCCN2CCOCC2)Cc2ccc(C(F)(F)F)cc2)cc1. The highest BCUT2D eigenvalue weighted by Crippen LogP contribution is 2.29. The van der Waals surface area contributed by atoms with Crippen molar-refractivity contribution >= 4 is 10.0 Å². The van der Waals surface area contributed by atoms with Crippen LogP contribution in [-0.2, 0) is 27.5 Å². The highest BCUT2D eigenvalue weighted by Gasteiger charge is 2.30. The number of rotatable bonds is 9. The average Bonchev–Trinajstić information content (AvgIpc) is 2.79. The van der Waals surface area contributed by atoms with Crippen LogP contribution in [0.15, 0.2) is 53.4 Å². The van der Waals surface area contributed by atoms with Crippen LogP contribution >= 0.6 is 0 Å². The first-order valence-electron chi connectivity index (χ1n) is 10.3. The predicted octanol–water partition coefficient (Wildman–Crippen LogP) is 3.63. The Labute approximate surface area is 186 Å². The van der Waals surface area contributed by atoms with Gasteiger partial charge in [-0.1, -0.05) is 12.1 Å². The lowest BCUT2D eigenvalue weighted by atomic mass is 10.1. The maximum absolute atomic E-state index is 13.3. The van der Waals surface area contributed by atoms with E-state index in [2.05, 4.69) is 4.90 Å². The van der Waals surface area contributed by atoms with E-state index >= 15 is 0 Å². The molecule has 0 N–H and O–H groups in total. The van der Waals surface area contributed by atoms with Crippen LogP contribution in [0, 0.1) is 0 Å². The molecule has 2 aromatic carbocycles. The van der Waals surface area contributed by atoms with Crippen molar-refractivity contribution in [2.24, 2.45) is 0 Å². The molecule has 1 fully saturated rings. The Bertz CT molecular complexity index is 958. The van der Waals surface area contributed by atoms with E-state index in [1.54, 1.807) is 12.1 Å². The minimum atomic E-state index is -4.44. The summed E-state index contributed by atoms with van der Waals surface area (Å²) >= 11 is 0. The second kappa shape index (κ2) is 10.7. The fourth-order valence-electron chi connectivity index (χ4n) is 3.48. The van der Waals surface area contributed by atoms with Gasteiger partial charge >= 0.3 is 6.18 Å². The van der Waals surface area contributed by atoms with Crippen molar-refractivity contribution in [1.82, 2.24) is 9.21 Å². The molecule has 0 spiro atoms. The van der Waals surface area contributed by atoms with Gasteiger partial charge in [-0.25, -0.2) is 8.42 Å². The lowest BCUT2D eigenvalue weighted by molar-refractivity contribution is -0.137. The molecular weight excluding hydrogens is 445 g/mol. The van der Waals surface area contributed by atoms with E-state index in [1.165, 1.54) is 35.7 Å². The highest BCUT2D eigenvalue weighted by molar-refractivity contribution is 7.89. The van der Waals surface area contributed by atoms with E-state index in [0.29, 0.717) is 37.5 Å². The Balaban J connectivity index is 1.77. The Morgan fingerprint density at radius 2 is 1.66 bits per heavy atom. The molecule has 6 nitrogen and oxygen atoms in total. The molecule has 1 aliphatic heterocycles. The predicted molar refractivity (Wildman–Crippen MR) is 114 cm³/mol. The van der Waals surface area contributed by atoms with Crippen LogP contribution in [0.25, 0.3) is 0 Å². The zero-order valence-electron chi connectivity index (χ0n) is 17.8. The lowest BCUT2D eigenvalue weighted by Gasteiger charge is -2.28. The van der Waals surface area contributed by atoms with Gasteiger partial charge in [0, 0.05) is 26.2 Å². The molecule has 1 aliphatic rings. The molecule has 1 heterocycles. The first-order valence-corrected chi connectivity index (χ1v) is 11.7. The van der Waals surface area contributed by atoms with Crippen LogP contribution in [0.3, 0.4) is 0 Å². The van der Waals surface area contributed by atoms with Crippen LogP contribution in [0.4, 0.5) is 13.2 Å². The van der Waals surface area contributed by atoms with E-state index in [1.807, 2.05) is 0 Å². The summed E-state index contributed by atoms with van der Waals surface area (Å²) in [6, 6.07) is 10.7. The first-order chi connectivity index (χ1) is 15.2. The van der Waals surface area contributed by atoms with Crippen LogP contribution in [0.1, 0.15) is 17.5 Å². The summed E-state index contributed by atoms with van der Waals surface area (Å²) in [6.45, 7) is 3.83. The second-order valence-corrected chi connectivity index (χ2v) is 9.45. The monoisotopic (exact) mass is 472 g/mol. The number of hydrogen-bond donors (Lipinski definition) is 0. The zero-order chi connectivity index (χ0) is 23.2. The van der Waals surface area contributed by atoms with Crippen LogP contribution < -0.4 is 4.74 Å². The fourth-order valence-corrected chi connectivity index (χ4v) is 4.95. The summed E-state index contributed by atoms with van der Waals surface area (Å²) in [5, 5.41) is 0. The number of nitrogens with zero attached hydrogens (tertiary/aromatic N) is 2. The molecule has 0 amide bonds. The molecule has 176 valence electrons. The molecule has 0 aromatic heterocycles. The molecule has 3 rings (SSSR count). The summed E-state index contributed by atoms with van der Waals surface area (Å²) in [6.07, 6.45) is -3.85.